The molecule has 0 saturated heterocycles. The molecule has 2 bridgehead atoms. The molecule has 0 radical (unpaired) electrons. The van der Waals surface area contributed by atoms with E-state index in [1.807, 2.05) is 0 Å². The first-order chi connectivity index (χ1) is 21.0. The minimum Gasteiger partial charge on any atom is -0.353 e. The molecule has 2 aromatic heterocycles. The highest BCUT2D eigenvalue weighted by atomic mass is 16.2. The molecule has 2 unspecified atom stereocenters. The van der Waals surface area contributed by atoms with Crippen molar-refractivity contribution >= 4 is 35.1 Å². The van der Waals surface area contributed by atoms with E-state index in [2.05, 4.69) is 33.3 Å². The minimum absolute atomic E-state index is 0.0841. The number of hydrogen-bond donors (Lipinski definition) is 4. The predicted octanol–water partition coefficient (Wildman–Crippen LogP) is 1.44. The van der Waals surface area contributed by atoms with Gasteiger partial charge in [0.15, 0.2) is 0 Å². The molecule has 2 aromatic rings. The Bertz CT molecular complexity index is 1430. The fourth-order valence-corrected chi connectivity index (χ4v) is 6.70. The Morgan fingerprint density at radius 3 is 2.43 bits per heavy atom. The van der Waals surface area contributed by atoms with Crippen molar-refractivity contribution in [1.82, 2.24) is 30.3 Å². The van der Waals surface area contributed by atoms with Crippen molar-refractivity contribution in [2.45, 2.75) is 83.8 Å². The molecule has 0 aromatic carbocycles. The maximum Gasteiger partial charge on any atom is 0.287 e. The van der Waals surface area contributed by atoms with Gasteiger partial charge in [0.1, 0.15) is 24.0 Å². The van der Waals surface area contributed by atoms with Gasteiger partial charge in [-0.15, -0.1) is 0 Å². The number of nitrogens with zero attached hydrogens (tertiary/aromatic N) is 3. The molecule has 4 amide bonds. The second-order valence-corrected chi connectivity index (χ2v) is 12.0. The third-order valence-corrected chi connectivity index (χ3v) is 9.03. The van der Waals surface area contributed by atoms with Crippen LogP contribution in [0.1, 0.15) is 74.3 Å². The van der Waals surface area contributed by atoms with E-state index in [0.717, 1.165) is 32.1 Å². The standard InChI is InChI=1S/C31H43N7O6/c1-5-19-14-20-8-6-9-21(15-19)26(20)36-25(40)17-38-13-7-10-23(31(38)44)35-28(41)22(11-12-24(39)29(42)32-3)34-30(43)27-18(2)16-33-37(27)4/h7,10,13,16,19-22,26H,5-6,8-9,11-12,14-15,17H2,1-4H3,(H,32,42)(H,34,43)(H,35,41)(H,36,40)/t19?,20?,21?,22-,26?/m0/s1. The first-order valence-corrected chi connectivity index (χ1v) is 15.4. The van der Waals surface area contributed by atoms with Gasteiger partial charge in [-0.2, -0.15) is 5.10 Å². The number of fused-ring (bicyclic) bond motifs is 2. The van der Waals surface area contributed by atoms with Crippen LogP contribution >= 0.6 is 0 Å². The Balaban J connectivity index is 1.45. The van der Waals surface area contributed by atoms with Crippen LogP contribution in [0.4, 0.5) is 5.69 Å². The number of aryl methyl sites for hydroxylation is 2. The zero-order valence-electron chi connectivity index (χ0n) is 25.9. The van der Waals surface area contributed by atoms with E-state index in [1.165, 1.54) is 41.2 Å². The zero-order valence-corrected chi connectivity index (χ0v) is 25.9. The van der Waals surface area contributed by atoms with E-state index in [1.54, 1.807) is 20.0 Å². The molecular formula is C31H43N7O6. The lowest BCUT2D eigenvalue weighted by Gasteiger charge is -2.46. The highest BCUT2D eigenvalue weighted by Crippen LogP contribution is 2.43. The van der Waals surface area contributed by atoms with E-state index >= 15 is 0 Å². The molecule has 238 valence electrons. The van der Waals surface area contributed by atoms with Gasteiger partial charge in [-0.3, -0.25) is 33.4 Å². The van der Waals surface area contributed by atoms with E-state index < -0.39 is 35.1 Å². The summed E-state index contributed by atoms with van der Waals surface area (Å²) in [5.41, 5.74) is 0.136. The normalized spacial score (nSPS) is 21.5. The van der Waals surface area contributed by atoms with Crippen LogP contribution in [0.5, 0.6) is 0 Å². The summed E-state index contributed by atoms with van der Waals surface area (Å²) in [5.74, 6) is -1.56. The number of ketones is 1. The van der Waals surface area contributed by atoms with Crippen LogP contribution in [-0.4, -0.2) is 62.9 Å². The maximum absolute atomic E-state index is 13.4. The van der Waals surface area contributed by atoms with E-state index in [9.17, 15) is 28.8 Å². The Morgan fingerprint density at radius 2 is 1.82 bits per heavy atom. The van der Waals surface area contributed by atoms with Crippen molar-refractivity contribution in [3.63, 3.8) is 0 Å². The molecule has 2 aliphatic rings. The van der Waals surface area contributed by atoms with Crippen LogP contribution in [0.15, 0.2) is 29.3 Å². The number of amides is 4. The summed E-state index contributed by atoms with van der Waals surface area (Å²) in [6, 6.07) is 1.82. The van der Waals surface area contributed by atoms with Crippen LogP contribution < -0.4 is 26.8 Å². The predicted molar refractivity (Wildman–Crippen MR) is 163 cm³/mol. The quantitative estimate of drug-likeness (QED) is 0.264. The van der Waals surface area contributed by atoms with Crippen molar-refractivity contribution in [1.29, 1.82) is 0 Å². The fourth-order valence-electron chi connectivity index (χ4n) is 6.70. The number of likely N-dealkylation sites (N-methyl/N-ethyl adjacent to an activating group) is 1. The van der Waals surface area contributed by atoms with E-state index in [0.29, 0.717) is 23.3 Å². The molecular weight excluding hydrogens is 566 g/mol. The zero-order chi connectivity index (χ0) is 32.0. The third kappa shape index (κ3) is 7.61. The third-order valence-electron chi connectivity index (χ3n) is 9.03. The summed E-state index contributed by atoms with van der Waals surface area (Å²) < 4.78 is 2.60. The van der Waals surface area contributed by atoms with Gasteiger partial charge >= 0.3 is 0 Å². The summed E-state index contributed by atoms with van der Waals surface area (Å²) in [6.45, 7) is 3.72. The largest absolute Gasteiger partial charge is 0.353 e. The number of pyridine rings is 1. The topological polar surface area (TPSA) is 173 Å². The molecule has 13 heteroatoms. The number of anilines is 1. The SMILES string of the molecule is CCC1CC2CCCC(C1)C2NC(=O)Cn1cccc(NC(=O)[C@H](CCC(=O)C(=O)NC)NC(=O)c2c(C)cnn2C)c1=O. The average molecular weight is 610 g/mol. The summed E-state index contributed by atoms with van der Waals surface area (Å²) >= 11 is 0. The van der Waals surface area contributed by atoms with Crippen molar-refractivity contribution in [2.75, 3.05) is 12.4 Å². The lowest BCUT2D eigenvalue weighted by molar-refractivity contribution is -0.137. The van der Waals surface area contributed by atoms with Gasteiger partial charge in [0.2, 0.25) is 17.6 Å². The molecule has 0 aliphatic heterocycles. The molecule has 2 saturated carbocycles. The number of hydrogen-bond acceptors (Lipinski definition) is 7. The van der Waals surface area contributed by atoms with Crippen molar-refractivity contribution in [3.8, 4) is 0 Å². The van der Waals surface area contributed by atoms with Gasteiger partial charge < -0.3 is 25.8 Å². The van der Waals surface area contributed by atoms with Crippen LogP contribution in [-0.2, 0) is 32.8 Å². The Kier molecular flexibility index (Phi) is 10.7. The Morgan fingerprint density at radius 1 is 1.11 bits per heavy atom. The summed E-state index contributed by atoms with van der Waals surface area (Å²) in [5, 5.41) is 14.6. The highest BCUT2D eigenvalue weighted by Gasteiger charge is 2.40. The van der Waals surface area contributed by atoms with Gasteiger partial charge in [0, 0.05) is 32.8 Å². The van der Waals surface area contributed by atoms with E-state index in [4.69, 9.17) is 0 Å². The molecule has 44 heavy (non-hydrogen) atoms. The lowest BCUT2D eigenvalue weighted by Crippen LogP contribution is -2.52. The average Bonchev–Trinajstić information content (AvgIpc) is 3.33. The first-order valence-electron chi connectivity index (χ1n) is 15.4. The molecule has 2 heterocycles. The molecule has 4 N–H and O–H groups in total. The lowest BCUT2D eigenvalue weighted by atomic mass is 9.64. The number of nitrogens with one attached hydrogen (secondary N) is 4. The van der Waals surface area contributed by atoms with Gasteiger partial charge in [0.25, 0.3) is 17.4 Å². The van der Waals surface area contributed by atoms with Crippen LogP contribution in [0.2, 0.25) is 0 Å². The molecule has 0 spiro atoms. The highest BCUT2D eigenvalue weighted by molar-refractivity contribution is 6.36. The van der Waals surface area contributed by atoms with Gasteiger partial charge in [-0.05, 0) is 74.5 Å². The minimum atomic E-state index is -1.25. The molecule has 4 rings (SSSR count). The summed E-state index contributed by atoms with van der Waals surface area (Å²) in [4.78, 5) is 76.7. The monoisotopic (exact) mass is 609 g/mol. The van der Waals surface area contributed by atoms with Gasteiger partial charge in [-0.1, -0.05) is 19.8 Å². The molecule has 13 nitrogen and oxygen atoms in total. The molecule has 2 aliphatic carbocycles. The van der Waals surface area contributed by atoms with Crippen LogP contribution in [0.3, 0.4) is 0 Å². The van der Waals surface area contributed by atoms with Crippen LogP contribution in [0, 0.1) is 24.7 Å². The number of carbonyl (C=O) groups excluding carboxylic acids is 5. The van der Waals surface area contributed by atoms with Crippen molar-refractivity contribution in [3.05, 3.63) is 46.1 Å². The van der Waals surface area contributed by atoms with Crippen molar-refractivity contribution < 1.29 is 24.0 Å². The summed E-state index contributed by atoms with van der Waals surface area (Å²) in [6.07, 6.45) is 9.26. The fraction of sp³-hybridized carbons (Fsp3) is 0.581. The smallest absolute Gasteiger partial charge is 0.287 e. The van der Waals surface area contributed by atoms with Crippen molar-refractivity contribution in [2.24, 2.45) is 24.8 Å². The van der Waals surface area contributed by atoms with Gasteiger partial charge in [0.05, 0.1) is 6.20 Å². The first kappa shape index (κ1) is 32.6. The second-order valence-electron chi connectivity index (χ2n) is 12.0. The summed E-state index contributed by atoms with van der Waals surface area (Å²) in [7, 11) is 2.90. The van der Waals surface area contributed by atoms with Gasteiger partial charge in [-0.25, -0.2) is 0 Å². The molecule has 2 fully saturated rings. The Hall–Kier alpha value is -4.29. The Labute approximate surface area is 256 Å². The second kappa shape index (κ2) is 14.5. The number of Topliss-reactive ketones (excluding diaryl/α,β-unsaturated/α-hetero) is 1. The molecule has 3 atom stereocenters. The number of aromatic nitrogens is 3. The maximum atomic E-state index is 13.4. The van der Waals surface area contributed by atoms with Crippen LogP contribution in [0.25, 0.3) is 0 Å². The van der Waals surface area contributed by atoms with E-state index in [-0.39, 0.29) is 42.7 Å². The number of carbonyl (C=O) groups is 5. The number of rotatable bonds is 12.